The first-order chi connectivity index (χ1) is 9.08. The monoisotopic (exact) mass is 284 g/mol. The Morgan fingerprint density at radius 1 is 1.47 bits per heavy atom. The third kappa shape index (κ3) is 4.98. The fourth-order valence-electron chi connectivity index (χ4n) is 1.64. The average Bonchev–Trinajstić information content (AvgIpc) is 2.83. The third-order valence-electron chi connectivity index (χ3n) is 2.51. The molecular weight excluding hydrogens is 264 g/mol. The Morgan fingerprint density at radius 3 is 2.84 bits per heavy atom. The summed E-state index contributed by atoms with van der Waals surface area (Å²) in [5, 5.41) is 4.65. The molecule has 2 amide bonds. The first kappa shape index (κ1) is 15.6. The SMILES string of the molecule is CCCNC(=O)CN(C)Cc1ccsc1C(=O)NN. The van der Waals surface area contributed by atoms with Crippen LogP contribution in [0.4, 0.5) is 0 Å². The third-order valence-corrected chi connectivity index (χ3v) is 3.47. The lowest BCUT2D eigenvalue weighted by Gasteiger charge is -2.16. The number of amides is 2. The summed E-state index contributed by atoms with van der Waals surface area (Å²) in [5.41, 5.74) is 3.00. The summed E-state index contributed by atoms with van der Waals surface area (Å²) in [5.74, 6) is 4.82. The van der Waals surface area contributed by atoms with Gasteiger partial charge in [0.1, 0.15) is 0 Å². The largest absolute Gasteiger partial charge is 0.355 e. The molecule has 0 atom stereocenters. The normalized spacial score (nSPS) is 10.5. The fourth-order valence-corrected chi connectivity index (χ4v) is 2.46. The van der Waals surface area contributed by atoms with E-state index >= 15 is 0 Å². The maximum Gasteiger partial charge on any atom is 0.275 e. The number of nitrogen functional groups attached to an aromatic ring is 1. The van der Waals surface area contributed by atoms with Crippen LogP contribution in [0.3, 0.4) is 0 Å². The van der Waals surface area contributed by atoms with Crippen LogP contribution in [0.5, 0.6) is 0 Å². The van der Waals surface area contributed by atoms with Crippen molar-refractivity contribution in [2.75, 3.05) is 20.1 Å². The summed E-state index contributed by atoms with van der Waals surface area (Å²) in [6.07, 6.45) is 0.917. The van der Waals surface area contributed by atoms with E-state index in [-0.39, 0.29) is 11.8 Å². The highest BCUT2D eigenvalue weighted by molar-refractivity contribution is 7.12. The minimum Gasteiger partial charge on any atom is -0.355 e. The maximum absolute atomic E-state index is 11.6. The molecule has 1 aromatic heterocycles. The van der Waals surface area contributed by atoms with Gasteiger partial charge in [0.2, 0.25) is 5.91 Å². The predicted octanol–water partition coefficient (Wildman–Crippen LogP) is 0.310. The van der Waals surface area contributed by atoms with Gasteiger partial charge in [-0.25, -0.2) is 5.84 Å². The smallest absolute Gasteiger partial charge is 0.275 e. The van der Waals surface area contributed by atoms with Gasteiger partial charge in [-0.2, -0.15) is 0 Å². The molecule has 0 aliphatic rings. The molecule has 6 nitrogen and oxygen atoms in total. The van der Waals surface area contributed by atoms with Crippen molar-refractivity contribution in [1.29, 1.82) is 0 Å². The molecule has 0 unspecified atom stereocenters. The van der Waals surface area contributed by atoms with Crippen molar-refractivity contribution in [1.82, 2.24) is 15.6 Å². The molecule has 19 heavy (non-hydrogen) atoms. The quantitative estimate of drug-likeness (QED) is 0.382. The van der Waals surface area contributed by atoms with E-state index in [9.17, 15) is 9.59 Å². The maximum atomic E-state index is 11.6. The van der Waals surface area contributed by atoms with Crippen LogP contribution in [-0.2, 0) is 11.3 Å². The van der Waals surface area contributed by atoms with E-state index in [4.69, 9.17) is 5.84 Å². The number of hydrogen-bond donors (Lipinski definition) is 3. The van der Waals surface area contributed by atoms with Crippen molar-refractivity contribution < 1.29 is 9.59 Å². The second-order valence-electron chi connectivity index (χ2n) is 4.27. The summed E-state index contributed by atoms with van der Waals surface area (Å²) in [7, 11) is 1.84. The van der Waals surface area contributed by atoms with Crippen molar-refractivity contribution in [3.05, 3.63) is 21.9 Å². The molecule has 0 spiro atoms. The highest BCUT2D eigenvalue weighted by Gasteiger charge is 2.14. The van der Waals surface area contributed by atoms with Gasteiger partial charge < -0.3 is 5.32 Å². The van der Waals surface area contributed by atoms with Crippen molar-refractivity contribution in [2.24, 2.45) is 5.84 Å². The molecule has 106 valence electrons. The molecule has 0 fully saturated rings. The van der Waals surface area contributed by atoms with E-state index in [0.717, 1.165) is 12.0 Å². The van der Waals surface area contributed by atoms with Crippen molar-refractivity contribution in [3.8, 4) is 0 Å². The molecule has 0 radical (unpaired) electrons. The van der Waals surface area contributed by atoms with Gasteiger partial charge in [-0.1, -0.05) is 6.92 Å². The van der Waals surface area contributed by atoms with Crippen LogP contribution in [0.25, 0.3) is 0 Å². The first-order valence-electron chi connectivity index (χ1n) is 6.11. The van der Waals surface area contributed by atoms with Crippen LogP contribution in [0.2, 0.25) is 0 Å². The molecule has 1 rings (SSSR count). The van der Waals surface area contributed by atoms with Crippen LogP contribution in [0.15, 0.2) is 11.4 Å². The highest BCUT2D eigenvalue weighted by atomic mass is 32.1. The average molecular weight is 284 g/mol. The van der Waals surface area contributed by atoms with Gasteiger partial charge >= 0.3 is 0 Å². The lowest BCUT2D eigenvalue weighted by atomic mass is 10.2. The summed E-state index contributed by atoms with van der Waals surface area (Å²) >= 11 is 1.34. The lowest BCUT2D eigenvalue weighted by Crippen LogP contribution is -2.35. The van der Waals surface area contributed by atoms with Crippen molar-refractivity contribution in [3.63, 3.8) is 0 Å². The van der Waals surface area contributed by atoms with E-state index in [1.165, 1.54) is 11.3 Å². The first-order valence-corrected chi connectivity index (χ1v) is 6.99. The number of nitrogens with two attached hydrogens (primary N) is 1. The van der Waals surface area contributed by atoms with Gasteiger partial charge in [0, 0.05) is 13.1 Å². The number of carbonyl (C=O) groups excluding carboxylic acids is 2. The van der Waals surface area contributed by atoms with E-state index in [1.807, 2.05) is 30.3 Å². The molecule has 1 aromatic rings. The van der Waals surface area contributed by atoms with Gasteiger partial charge in [0.25, 0.3) is 5.91 Å². The molecule has 0 saturated heterocycles. The number of thiophene rings is 1. The number of nitrogens with zero attached hydrogens (tertiary/aromatic N) is 1. The minimum atomic E-state index is -0.297. The molecule has 1 heterocycles. The standard InChI is InChI=1S/C12H20N4O2S/c1-3-5-14-10(17)8-16(2)7-9-4-6-19-11(9)12(18)15-13/h4,6H,3,5,7-8,13H2,1-2H3,(H,14,17)(H,15,18). The van der Waals surface area contributed by atoms with E-state index < -0.39 is 0 Å². The lowest BCUT2D eigenvalue weighted by molar-refractivity contribution is -0.122. The number of hydrazine groups is 1. The summed E-state index contributed by atoms with van der Waals surface area (Å²) in [6, 6.07) is 1.87. The Kier molecular flexibility index (Phi) is 6.48. The van der Waals surface area contributed by atoms with Gasteiger partial charge in [-0.3, -0.25) is 19.9 Å². The molecule has 7 heteroatoms. The number of hydrogen-bond acceptors (Lipinski definition) is 5. The van der Waals surface area contributed by atoms with E-state index in [2.05, 4.69) is 10.7 Å². The van der Waals surface area contributed by atoms with E-state index in [1.54, 1.807) is 0 Å². The number of carbonyl (C=O) groups is 2. The molecule has 0 bridgehead atoms. The zero-order chi connectivity index (χ0) is 14.3. The Labute approximate surface area is 116 Å². The second-order valence-corrected chi connectivity index (χ2v) is 5.19. The summed E-state index contributed by atoms with van der Waals surface area (Å²) in [6.45, 7) is 3.53. The van der Waals surface area contributed by atoms with Crippen LogP contribution in [0, 0.1) is 0 Å². The molecule has 0 saturated carbocycles. The zero-order valence-corrected chi connectivity index (χ0v) is 12.0. The molecule has 0 aliphatic carbocycles. The zero-order valence-electron chi connectivity index (χ0n) is 11.2. The fraction of sp³-hybridized carbons (Fsp3) is 0.500. The van der Waals surface area contributed by atoms with Crippen molar-refractivity contribution in [2.45, 2.75) is 19.9 Å². The molecule has 4 N–H and O–H groups in total. The molecule has 0 aromatic carbocycles. The topological polar surface area (TPSA) is 87.5 Å². The Balaban J connectivity index is 2.53. The van der Waals surface area contributed by atoms with Crippen LogP contribution < -0.4 is 16.6 Å². The Bertz CT molecular complexity index is 433. The van der Waals surface area contributed by atoms with Crippen molar-refractivity contribution >= 4 is 23.2 Å². The van der Waals surface area contributed by atoms with Crippen LogP contribution >= 0.6 is 11.3 Å². The molecule has 0 aliphatic heterocycles. The number of rotatable bonds is 7. The number of likely N-dealkylation sites (N-methyl/N-ethyl adjacent to an activating group) is 1. The van der Waals surface area contributed by atoms with Crippen LogP contribution in [-0.4, -0.2) is 36.9 Å². The second kappa shape index (κ2) is 7.88. The van der Waals surface area contributed by atoms with Crippen LogP contribution in [0.1, 0.15) is 28.6 Å². The Hall–Kier alpha value is -1.44. The van der Waals surface area contributed by atoms with Gasteiger partial charge in [0.15, 0.2) is 0 Å². The summed E-state index contributed by atoms with van der Waals surface area (Å²) < 4.78 is 0. The number of nitrogens with one attached hydrogen (secondary N) is 2. The van der Waals surface area contributed by atoms with Gasteiger partial charge in [-0.15, -0.1) is 11.3 Å². The Morgan fingerprint density at radius 2 is 2.21 bits per heavy atom. The van der Waals surface area contributed by atoms with Gasteiger partial charge in [0.05, 0.1) is 11.4 Å². The minimum absolute atomic E-state index is 0.00981. The summed E-state index contributed by atoms with van der Waals surface area (Å²) in [4.78, 5) is 25.5. The molecular formula is C12H20N4O2S. The predicted molar refractivity (Wildman–Crippen MR) is 75.6 cm³/mol. The van der Waals surface area contributed by atoms with Gasteiger partial charge in [-0.05, 0) is 30.5 Å². The highest BCUT2D eigenvalue weighted by Crippen LogP contribution is 2.17. The van der Waals surface area contributed by atoms with E-state index in [0.29, 0.717) is 24.5 Å².